The van der Waals surface area contributed by atoms with Crippen molar-refractivity contribution < 1.29 is 9.90 Å². The number of nitrogens with two attached hydrogens (primary N) is 1. The predicted octanol–water partition coefficient (Wildman–Crippen LogP) is 1.99. The Kier molecular flexibility index (Phi) is 4.95. The molecule has 0 radical (unpaired) electrons. The first-order chi connectivity index (χ1) is 9.06. The highest BCUT2D eigenvalue weighted by Gasteiger charge is 2.37. The number of nitrogens with one attached hydrogen (secondary N) is 1. The van der Waals surface area contributed by atoms with Crippen LogP contribution in [0.15, 0.2) is 30.3 Å². The Morgan fingerprint density at radius 2 is 1.70 bits per heavy atom. The van der Waals surface area contributed by atoms with Crippen molar-refractivity contribution in [1.82, 2.24) is 5.32 Å². The van der Waals surface area contributed by atoms with Gasteiger partial charge in [-0.05, 0) is 33.3 Å². The smallest absolute Gasteiger partial charge is 0.225 e. The molecule has 0 aliphatic carbocycles. The van der Waals surface area contributed by atoms with Crippen LogP contribution in [0.3, 0.4) is 0 Å². The average molecular weight is 278 g/mol. The van der Waals surface area contributed by atoms with Crippen molar-refractivity contribution in [1.29, 1.82) is 0 Å². The Hall–Kier alpha value is -1.39. The molecule has 0 fully saturated rings. The maximum Gasteiger partial charge on any atom is 0.225 e. The van der Waals surface area contributed by atoms with Gasteiger partial charge in [-0.1, -0.05) is 37.3 Å². The van der Waals surface area contributed by atoms with Crippen molar-refractivity contribution in [3.05, 3.63) is 35.9 Å². The summed E-state index contributed by atoms with van der Waals surface area (Å²) in [5.41, 5.74) is 5.33. The van der Waals surface area contributed by atoms with E-state index in [1.165, 1.54) is 0 Å². The molecule has 4 heteroatoms. The van der Waals surface area contributed by atoms with E-state index >= 15 is 0 Å². The molecule has 0 aliphatic heterocycles. The Bertz CT molecular complexity index is 449. The molecule has 4 N–H and O–H groups in total. The minimum atomic E-state index is -1.01. The molecule has 0 aliphatic rings. The van der Waals surface area contributed by atoms with Crippen LogP contribution in [-0.4, -0.2) is 22.2 Å². The van der Waals surface area contributed by atoms with E-state index in [1.54, 1.807) is 34.6 Å². The Morgan fingerprint density at radius 1 is 1.20 bits per heavy atom. The van der Waals surface area contributed by atoms with Gasteiger partial charge in [0.05, 0.1) is 17.1 Å². The lowest BCUT2D eigenvalue weighted by Gasteiger charge is -2.39. The standard InChI is InChI=1S/C16H26N2O2/c1-11(13(17)12-9-7-6-8-10-12)14(19)18-15(2,3)16(4,5)20/h6-11,13,20H,17H2,1-5H3,(H,18,19). The van der Waals surface area contributed by atoms with Crippen LogP contribution in [0.25, 0.3) is 0 Å². The SMILES string of the molecule is CC(C(=O)NC(C)(C)C(C)(C)O)C(N)c1ccccc1. The molecule has 0 bridgehead atoms. The minimum Gasteiger partial charge on any atom is -0.388 e. The summed E-state index contributed by atoms with van der Waals surface area (Å²) < 4.78 is 0. The van der Waals surface area contributed by atoms with E-state index in [1.807, 2.05) is 30.3 Å². The number of rotatable bonds is 5. The van der Waals surface area contributed by atoms with Gasteiger partial charge in [0.15, 0.2) is 0 Å². The lowest BCUT2D eigenvalue weighted by molar-refractivity contribution is -0.130. The zero-order valence-electron chi connectivity index (χ0n) is 13.0. The predicted molar refractivity (Wildman–Crippen MR) is 81.1 cm³/mol. The molecule has 0 saturated heterocycles. The molecule has 0 heterocycles. The van der Waals surface area contributed by atoms with Crippen molar-refractivity contribution >= 4 is 5.91 Å². The average Bonchev–Trinajstić information content (AvgIpc) is 2.36. The summed E-state index contributed by atoms with van der Waals surface area (Å²) in [7, 11) is 0. The van der Waals surface area contributed by atoms with Gasteiger partial charge in [0.2, 0.25) is 5.91 Å². The highest BCUT2D eigenvalue weighted by atomic mass is 16.3. The van der Waals surface area contributed by atoms with Crippen molar-refractivity contribution in [3.63, 3.8) is 0 Å². The molecule has 0 aromatic heterocycles. The molecule has 1 aromatic carbocycles. The van der Waals surface area contributed by atoms with Crippen LogP contribution in [-0.2, 0) is 4.79 Å². The zero-order valence-corrected chi connectivity index (χ0v) is 13.0. The van der Waals surface area contributed by atoms with Crippen molar-refractivity contribution in [2.45, 2.75) is 51.8 Å². The molecule has 2 atom stereocenters. The summed E-state index contributed by atoms with van der Waals surface area (Å²) in [5, 5.41) is 13.0. The van der Waals surface area contributed by atoms with Gasteiger partial charge in [-0.2, -0.15) is 0 Å². The van der Waals surface area contributed by atoms with E-state index in [2.05, 4.69) is 5.32 Å². The van der Waals surface area contributed by atoms with Crippen molar-refractivity contribution in [2.24, 2.45) is 11.7 Å². The highest BCUT2D eigenvalue weighted by molar-refractivity contribution is 5.80. The summed E-state index contributed by atoms with van der Waals surface area (Å²) in [6, 6.07) is 9.18. The van der Waals surface area contributed by atoms with E-state index < -0.39 is 11.1 Å². The number of hydrogen-bond acceptors (Lipinski definition) is 3. The number of carbonyl (C=O) groups is 1. The van der Waals surface area contributed by atoms with E-state index in [0.29, 0.717) is 0 Å². The Morgan fingerprint density at radius 3 is 2.15 bits per heavy atom. The molecular weight excluding hydrogens is 252 g/mol. The first kappa shape index (κ1) is 16.7. The summed E-state index contributed by atoms with van der Waals surface area (Å²) in [6.45, 7) is 8.74. The largest absolute Gasteiger partial charge is 0.388 e. The van der Waals surface area contributed by atoms with E-state index in [4.69, 9.17) is 5.73 Å². The fraction of sp³-hybridized carbons (Fsp3) is 0.562. The van der Waals surface area contributed by atoms with Gasteiger partial charge < -0.3 is 16.2 Å². The summed E-state index contributed by atoms with van der Waals surface area (Å²) in [5.74, 6) is -0.535. The molecule has 20 heavy (non-hydrogen) atoms. The Labute approximate surface area is 121 Å². The van der Waals surface area contributed by atoms with Gasteiger partial charge >= 0.3 is 0 Å². The highest BCUT2D eigenvalue weighted by Crippen LogP contribution is 2.24. The van der Waals surface area contributed by atoms with E-state index in [0.717, 1.165) is 5.56 Å². The fourth-order valence-electron chi connectivity index (χ4n) is 1.70. The fourth-order valence-corrected chi connectivity index (χ4v) is 1.70. The van der Waals surface area contributed by atoms with Crippen molar-refractivity contribution in [3.8, 4) is 0 Å². The molecule has 112 valence electrons. The molecular formula is C16H26N2O2. The third kappa shape index (κ3) is 3.81. The molecule has 0 spiro atoms. The Balaban J connectivity index is 2.78. The van der Waals surface area contributed by atoms with Gasteiger partial charge in [-0.3, -0.25) is 4.79 Å². The van der Waals surface area contributed by atoms with Gasteiger partial charge in [-0.25, -0.2) is 0 Å². The maximum atomic E-state index is 12.3. The molecule has 1 rings (SSSR count). The van der Waals surface area contributed by atoms with Crippen LogP contribution in [0.2, 0.25) is 0 Å². The number of carbonyl (C=O) groups excluding carboxylic acids is 1. The minimum absolute atomic E-state index is 0.159. The lowest BCUT2D eigenvalue weighted by atomic mass is 9.84. The number of aliphatic hydroxyl groups is 1. The third-order valence-corrected chi connectivity index (χ3v) is 4.10. The molecule has 4 nitrogen and oxygen atoms in total. The number of benzene rings is 1. The van der Waals surface area contributed by atoms with E-state index in [9.17, 15) is 9.90 Å². The van der Waals surface area contributed by atoms with Crippen LogP contribution >= 0.6 is 0 Å². The second kappa shape index (κ2) is 5.94. The topological polar surface area (TPSA) is 75.3 Å². The van der Waals surface area contributed by atoms with Crippen LogP contribution in [0.4, 0.5) is 0 Å². The quantitative estimate of drug-likeness (QED) is 0.771. The first-order valence-electron chi connectivity index (χ1n) is 6.91. The molecule has 0 saturated carbocycles. The van der Waals surface area contributed by atoms with Crippen LogP contribution in [0.1, 0.15) is 46.2 Å². The maximum absolute atomic E-state index is 12.3. The van der Waals surface area contributed by atoms with Gasteiger partial charge in [0, 0.05) is 6.04 Å². The molecule has 1 aromatic rings. The monoisotopic (exact) mass is 278 g/mol. The molecule has 1 amide bonds. The summed E-state index contributed by atoms with van der Waals surface area (Å²) in [6.07, 6.45) is 0. The lowest BCUT2D eigenvalue weighted by Crippen LogP contribution is -2.59. The van der Waals surface area contributed by atoms with E-state index in [-0.39, 0.29) is 17.9 Å². The van der Waals surface area contributed by atoms with Gasteiger partial charge in [0.1, 0.15) is 0 Å². The van der Waals surface area contributed by atoms with Crippen LogP contribution in [0, 0.1) is 5.92 Å². The number of hydrogen-bond donors (Lipinski definition) is 3. The second-order valence-corrected chi connectivity index (χ2v) is 6.40. The normalized spacial score (nSPS) is 15.6. The van der Waals surface area contributed by atoms with Crippen LogP contribution in [0.5, 0.6) is 0 Å². The van der Waals surface area contributed by atoms with Crippen molar-refractivity contribution in [2.75, 3.05) is 0 Å². The summed E-state index contributed by atoms with van der Waals surface area (Å²) >= 11 is 0. The molecule has 2 unspecified atom stereocenters. The van der Waals surface area contributed by atoms with Gasteiger partial charge in [0.25, 0.3) is 0 Å². The number of amides is 1. The zero-order chi connectivity index (χ0) is 15.6. The summed E-state index contributed by atoms with van der Waals surface area (Å²) in [4.78, 5) is 12.3. The van der Waals surface area contributed by atoms with Gasteiger partial charge in [-0.15, -0.1) is 0 Å². The van der Waals surface area contributed by atoms with Crippen LogP contribution < -0.4 is 11.1 Å². The first-order valence-corrected chi connectivity index (χ1v) is 6.91. The third-order valence-electron chi connectivity index (χ3n) is 4.10. The second-order valence-electron chi connectivity index (χ2n) is 6.40.